The molecule has 4 rings (SSSR count). The topological polar surface area (TPSA) is 57.7 Å². The minimum absolute atomic E-state index is 0.0596. The molecular weight excluding hydrogens is 314 g/mol. The number of carbonyl (C=O) groups is 1. The third-order valence-corrected chi connectivity index (χ3v) is 4.63. The fourth-order valence-electron chi connectivity index (χ4n) is 3.36. The van der Waals surface area contributed by atoms with Crippen LogP contribution in [0.4, 0.5) is 0 Å². The number of fused-ring (bicyclic) bond motifs is 1. The maximum absolute atomic E-state index is 12.1. The van der Waals surface area contributed by atoms with Crippen LogP contribution in [-0.2, 0) is 4.79 Å². The molecule has 0 saturated carbocycles. The highest BCUT2D eigenvalue weighted by molar-refractivity contribution is 6.12. The number of ether oxygens (including phenoxy) is 1. The van der Waals surface area contributed by atoms with Crippen molar-refractivity contribution in [1.82, 2.24) is 9.99 Å². The van der Waals surface area contributed by atoms with Crippen molar-refractivity contribution in [3.8, 4) is 5.75 Å². The van der Waals surface area contributed by atoms with Gasteiger partial charge in [0, 0.05) is 36.0 Å². The summed E-state index contributed by atoms with van der Waals surface area (Å²) in [6.45, 7) is 1.55. The molecule has 1 amide bonds. The van der Waals surface area contributed by atoms with Crippen molar-refractivity contribution in [2.45, 2.75) is 19.4 Å². The number of aromatic nitrogens is 1. The Morgan fingerprint density at radius 2 is 1.96 bits per heavy atom. The first kappa shape index (κ1) is 15.4. The highest BCUT2D eigenvalue weighted by Crippen LogP contribution is 2.35. The lowest BCUT2D eigenvalue weighted by atomic mass is 9.98. The molecule has 2 heterocycles. The summed E-state index contributed by atoms with van der Waals surface area (Å²) in [5.74, 6) is 0.740. The van der Waals surface area contributed by atoms with Gasteiger partial charge in [-0.1, -0.05) is 30.3 Å². The first-order valence-corrected chi connectivity index (χ1v) is 8.25. The number of H-pyrrole nitrogens is 1. The Morgan fingerprint density at radius 1 is 1.20 bits per heavy atom. The van der Waals surface area contributed by atoms with E-state index in [-0.39, 0.29) is 11.9 Å². The number of amides is 1. The molecule has 0 radical (unpaired) electrons. The van der Waals surface area contributed by atoms with Crippen LogP contribution in [0.15, 0.2) is 59.8 Å². The van der Waals surface area contributed by atoms with E-state index in [1.165, 1.54) is 0 Å². The van der Waals surface area contributed by atoms with Crippen molar-refractivity contribution in [3.63, 3.8) is 0 Å². The molecule has 3 aromatic rings. The van der Waals surface area contributed by atoms with E-state index in [4.69, 9.17) is 4.74 Å². The molecule has 0 saturated heterocycles. The number of hydrazone groups is 1. The second-order valence-electron chi connectivity index (χ2n) is 6.15. The fraction of sp³-hybridized carbons (Fsp3) is 0.200. The predicted molar refractivity (Wildman–Crippen MR) is 97.7 cm³/mol. The number of aromatic amines is 1. The van der Waals surface area contributed by atoms with Gasteiger partial charge in [-0.25, -0.2) is 5.01 Å². The molecule has 1 unspecified atom stereocenters. The van der Waals surface area contributed by atoms with Gasteiger partial charge in [0.1, 0.15) is 5.75 Å². The Kier molecular flexibility index (Phi) is 3.76. The van der Waals surface area contributed by atoms with Gasteiger partial charge in [0.2, 0.25) is 5.91 Å². The minimum atomic E-state index is -0.0907. The zero-order chi connectivity index (χ0) is 17.4. The van der Waals surface area contributed by atoms with Crippen LogP contribution in [0.25, 0.3) is 10.9 Å². The van der Waals surface area contributed by atoms with Crippen molar-refractivity contribution >= 4 is 22.5 Å². The number of benzene rings is 2. The average molecular weight is 333 g/mol. The normalized spacial score (nSPS) is 17.0. The molecule has 1 atom stereocenters. The number of nitrogens with zero attached hydrogens (tertiary/aromatic N) is 2. The van der Waals surface area contributed by atoms with Gasteiger partial charge in [-0.2, -0.15) is 5.10 Å². The molecule has 1 aliphatic rings. The van der Waals surface area contributed by atoms with Crippen molar-refractivity contribution in [2.75, 3.05) is 7.11 Å². The van der Waals surface area contributed by atoms with Gasteiger partial charge in [0.15, 0.2) is 0 Å². The van der Waals surface area contributed by atoms with E-state index in [1.54, 1.807) is 19.0 Å². The van der Waals surface area contributed by atoms with Crippen LogP contribution in [0.2, 0.25) is 0 Å². The van der Waals surface area contributed by atoms with Crippen LogP contribution in [0.5, 0.6) is 5.75 Å². The van der Waals surface area contributed by atoms with Crippen LogP contribution in [-0.4, -0.2) is 28.7 Å². The highest BCUT2D eigenvalue weighted by Gasteiger charge is 2.32. The lowest BCUT2D eigenvalue weighted by Crippen LogP contribution is -2.24. The predicted octanol–water partition coefficient (Wildman–Crippen LogP) is 3.87. The largest absolute Gasteiger partial charge is 0.497 e. The first-order chi connectivity index (χ1) is 12.2. The second-order valence-corrected chi connectivity index (χ2v) is 6.15. The summed E-state index contributed by atoms with van der Waals surface area (Å²) in [6.07, 6.45) is 2.66. The summed E-state index contributed by atoms with van der Waals surface area (Å²) >= 11 is 0. The van der Waals surface area contributed by atoms with Crippen molar-refractivity contribution < 1.29 is 9.53 Å². The number of methoxy groups -OCH3 is 1. The van der Waals surface area contributed by atoms with E-state index >= 15 is 0 Å². The van der Waals surface area contributed by atoms with Crippen LogP contribution >= 0.6 is 0 Å². The number of hydrogen-bond donors (Lipinski definition) is 1. The molecule has 0 aliphatic carbocycles. The van der Waals surface area contributed by atoms with E-state index in [0.717, 1.165) is 33.5 Å². The number of carbonyl (C=O) groups excluding carboxylic acids is 1. The maximum atomic E-state index is 12.1. The molecule has 1 N–H and O–H groups in total. The number of nitrogens with one attached hydrogen (secondary N) is 1. The van der Waals surface area contributed by atoms with Gasteiger partial charge < -0.3 is 9.72 Å². The molecular formula is C20H19N3O2. The zero-order valence-corrected chi connectivity index (χ0v) is 14.2. The van der Waals surface area contributed by atoms with Gasteiger partial charge in [-0.15, -0.1) is 0 Å². The monoisotopic (exact) mass is 333 g/mol. The Hall–Kier alpha value is -3.08. The summed E-state index contributed by atoms with van der Waals surface area (Å²) in [7, 11) is 1.64. The molecule has 1 aromatic heterocycles. The van der Waals surface area contributed by atoms with Crippen LogP contribution in [0.3, 0.4) is 0 Å². The van der Waals surface area contributed by atoms with Gasteiger partial charge in [-0.05, 0) is 23.8 Å². The standard InChI is InChI=1S/C20H19N3O2/c1-13(24)23-20(14-7-9-15(25-2)10-8-14)11-19(22-23)17-12-21-18-6-4-3-5-16(17)18/h3-10,12,20-21H,11H2,1-2H3. The van der Waals surface area contributed by atoms with Crippen LogP contribution < -0.4 is 4.74 Å². The van der Waals surface area contributed by atoms with Gasteiger partial charge in [0.05, 0.1) is 18.9 Å². The average Bonchev–Trinajstić information content (AvgIpc) is 3.26. The number of hydrogen-bond acceptors (Lipinski definition) is 3. The highest BCUT2D eigenvalue weighted by atomic mass is 16.5. The fourth-order valence-corrected chi connectivity index (χ4v) is 3.36. The molecule has 5 nitrogen and oxygen atoms in total. The van der Waals surface area contributed by atoms with Crippen molar-refractivity contribution in [1.29, 1.82) is 0 Å². The van der Waals surface area contributed by atoms with Gasteiger partial charge in [-0.3, -0.25) is 4.79 Å². The Bertz CT molecular complexity index is 956. The van der Waals surface area contributed by atoms with Gasteiger partial charge in [0.25, 0.3) is 0 Å². The quantitative estimate of drug-likeness (QED) is 0.791. The summed E-state index contributed by atoms with van der Waals surface area (Å²) in [6, 6.07) is 15.8. The van der Waals surface area contributed by atoms with E-state index in [0.29, 0.717) is 6.42 Å². The molecule has 0 fully saturated rings. The molecule has 5 heteroatoms. The molecule has 0 spiro atoms. The summed E-state index contributed by atoms with van der Waals surface area (Å²) < 4.78 is 5.22. The third kappa shape index (κ3) is 2.67. The first-order valence-electron chi connectivity index (χ1n) is 8.25. The Morgan fingerprint density at radius 3 is 2.68 bits per heavy atom. The van der Waals surface area contributed by atoms with Crippen LogP contribution in [0, 0.1) is 0 Å². The lowest BCUT2D eigenvalue weighted by Gasteiger charge is -2.20. The molecule has 0 bridgehead atoms. The second kappa shape index (κ2) is 6.09. The smallest absolute Gasteiger partial charge is 0.240 e. The SMILES string of the molecule is COc1ccc(C2CC(c3c[nH]c4ccccc34)=NN2C(C)=O)cc1. The van der Waals surface area contributed by atoms with Crippen molar-refractivity contribution in [2.24, 2.45) is 5.10 Å². The van der Waals surface area contributed by atoms with E-state index in [2.05, 4.69) is 16.2 Å². The molecule has 25 heavy (non-hydrogen) atoms. The summed E-state index contributed by atoms with van der Waals surface area (Å²) in [5, 5.41) is 7.34. The van der Waals surface area contributed by atoms with Crippen LogP contribution in [0.1, 0.15) is 30.5 Å². The Labute approximate surface area is 145 Å². The van der Waals surface area contributed by atoms with E-state index in [1.807, 2.05) is 48.7 Å². The number of rotatable bonds is 3. The zero-order valence-electron chi connectivity index (χ0n) is 14.2. The van der Waals surface area contributed by atoms with E-state index < -0.39 is 0 Å². The third-order valence-electron chi connectivity index (χ3n) is 4.63. The number of para-hydroxylation sites is 1. The maximum Gasteiger partial charge on any atom is 0.240 e. The minimum Gasteiger partial charge on any atom is -0.497 e. The molecule has 2 aromatic carbocycles. The summed E-state index contributed by atoms with van der Waals surface area (Å²) in [5.41, 5.74) is 4.10. The molecule has 1 aliphatic heterocycles. The van der Waals surface area contributed by atoms with Crippen molar-refractivity contribution in [3.05, 3.63) is 65.9 Å². The Balaban J connectivity index is 1.71. The molecule has 126 valence electrons. The lowest BCUT2D eigenvalue weighted by molar-refractivity contribution is -0.130. The van der Waals surface area contributed by atoms with E-state index in [9.17, 15) is 4.79 Å². The summed E-state index contributed by atoms with van der Waals surface area (Å²) in [4.78, 5) is 15.4. The van der Waals surface area contributed by atoms with Gasteiger partial charge >= 0.3 is 0 Å².